The minimum absolute atomic E-state index is 0.392. The Morgan fingerprint density at radius 3 is 3.11 bits per heavy atom. The van der Waals surface area contributed by atoms with Crippen LogP contribution in [-0.2, 0) is 0 Å². The van der Waals surface area contributed by atoms with Crippen molar-refractivity contribution in [3.63, 3.8) is 0 Å². The van der Waals surface area contributed by atoms with Crippen LogP contribution in [0.4, 0.5) is 0 Å². The summed E-state index contributed by atoms with van der Waals surface area (Å²) in [5.41, 5.74) is 1.16. The molecule has 0 aromatic carbocycles. The normalized spacial score (nSPS) is 8.89. The summed E-state index contributed by atoms with van der Waals surface area (Å²) in [5.74, 6) is 0. The zero-order valence-electron chi connectivity index (χ0n) is 4.89. The Balaban J connectivity index is 2.89. The molecule has 0 fully saturated rings. The lowest BCUT2D eigenvalue weighted by molar-refractivity contribution is 1.09. The number of hydrogen-bond donors (Lipinski definition) is 2. The van der Waals surface area contributed by atoms with E-state index in [1.165, 1.54) is 6.08 Å². The van der Waals surface area contributed by atoms with Crippen LogP contribution in [0.15, 0.2) is 25.0 Å². The van der Waals surface area contributed by atoms with Crippen LogP contribution in [-0.4, -0.2) is 15.9 Å². The molecule has 3 nitrogen and oxygen atoms in total. The molecule has 1 aromatic heterocycles. The molecule has 0 amide bonds. The monoisotopic (exact) mass is 121 g/mol. The van der Waals surface area contributed by atoms with E-state index in [1.807, 2.05) is 0 Å². The van der Waals surface area contributed by atoms with Crippen molar-refractivity contribution in [3.05, 3.63) is 30.6 Å². The van der Waals surface area contributed by atoms with Gasteiger partial charge in [0.2, 0.25) is 0 Å². The van der Waals surface area contributed by atoms with E-state index >= 15 is 0 Å². The Hall–Kier alpha value is -1.38. The highest BCUT2D eigenvalue weighted by molar-refractivity contribution is 6.05. The summed E-state index contributed by atoms with van der Waals surface area (Å²) in [4.78, 5) is 0. The first kappa shape index (κ1) is 5.75. The van der Waals surface area contributed by atoms with E-state index in [-0.39, 0.29) is 0 Å². The molecule has 0 spiro atoms. The fraction of sp³-hybridized carbons (Fsp3) is 0. The maximum absolute atomic E-state index is 7.22. The number of allylic oxidation sites excluding steroid dienone is 1. The van der Waals surface area contributed by atoms with Gasteiger partial charge >= 0.3 is 0 Å². The van der Waals surface area contributed by atoms with E-state index in [0.717, 1.165) is 5.56 Å². The third kappa shape index (κ3) is 1.05. The summed E-state index contributed by atoms with van der Waals surface area (Å²) in [6.45, 7) is 3.45. The van der Waals surface area contributed by atoms with Gasteiger partial charge in [-0.2, -0.15) is 5.10 Å². The van der Waals surface area contributed by atoms with Crippen LogP contribution in [0.25, 0.3) is 0 Å². The van der Waals surface area contributed by atoms with E-state index in [1.54, 1.807) is 12.4 Å². The first-order chi connectivity index (χ1) is 4.34. The van der Waals surface area contributed by atoms with Crippen molar-refractivity contribution in [3.8, 4) is 0 Å². The quantitative estimate of drug-likeness (QED) is 0.562. The summed E-state index contributed by atoms with van der Waals surface area (Å²) in [5, 5.41) is 13.5. The van der Waals surface area contributed by atoms with Crippen molar-refractivity contribution in [2.45, 2.75) is 0 Å². The largest absolute Gasteiger partial charge is 0.300 e. The fourth-order valence-electron chi connectivity index (χ4n) is 0.516. The highest BCUT2D eigenvalue weighted by Gasteiger charge is 1.94. The maximum Gasteiger partial charge on any atom is 0.0637 e. The van der Waals surface area contributed by atoms with Crippen molar-refractivity contribution in [2.24, 2.45) is 0 Å². The molecular weight excluding hydrogens is 114 g/mol. The molecule has 46 valence electrons. The lowest BCUT2D eigenvalue weighted by atomic mass is 10.2. The van der Waals surface area contributed by atoms with Crippen molar-refractivity contribution in [2.75, 3.05) is 0 Å². The Labute approximate surface area is 52.9 Å². The highest BCUT2D eigenvalue weighted by Crippen LogP contribution is 1.94. The number of H-pyrrole nitrogens is 1. The van der Waals surface area contributed by atoms with E-state index in [9.17, 15) is 0 Å². The number of nitrogens with zero attached hydrogens (tertiary/aromatic N) is 1. The van der Waals surface area contributed by atoms with Gasteiger partial charge in [-0.05, 0) is 6.08 Å². The minimum Gasteiger partial charge on any atom is -0.300 e. The molecule has 1 rings (SSSR count). The molecular formula is C6H7N3. The average molecular weight is 121 g/mol. The van der Waals surface area contributed by atoms with Crippen molar-refractivity contribution in [1.29, 1.82) is 5.41 Å². The SMILES string of the molecule is C=CC(=N)c1cn[nH]c1. The zero-order chi connectivity index (χ0) is 6.69. The topological polar surface area (TPSA) is 52.5 Å². The van der Waals surface area contributed by atoms with E-state index in [4.69, 9.17) is 5.41 Å². The standard InChI is InChI=1S/C6H7N3/c1-2-6(7)5-3-8-9-4-5/h2-4,7H,1H2,(H,8,9). The summed E-state index contributed by atoms with van der Waals surface area (Å²) < 4.78 is 0. The van der Waals surface area contributed by atoms with Gasteiger partial charge in [-0.3, -0.25) is 5.10 Å². The van der Waals surface area contributed by atoms with Crippen LogP contribution in [0, 0.1) is 5.41 Å². The smallest absolute Gasteiger partial charge is 0.0637 e. The number of rotatable bonds is 2. The second-order valence-electron chi connectivity index (χ2n) is 1.60. The van der Waals surface area contributed by atoms with E-state index in [0.29, 0.717) is 5.71 Å². The van der Waals surface area contributed by atoms with Gasteiger partial charge < -0.3 is 5.41 Å². The Morgan fingerprint density at radius 2 is 2.67 bits per heavy atom. The molecule has 2 N–H and O–H groups in total. The van der Waals surface area contributed by atoms with Crippen LogP contribution in [0.1, 0.15) is 5.56 Å². The molecule has 0 aliphatic rings. The van der Waals surface area contributed by atoms with Gasteiger partial charge in [0.05, 0.1) is 11.9 Å². The third-order valence-electron chi connectivity index (χ3n) is 1.01. The molecule has 9 heavy (non-hydrogen) atoms. The molecule has 0 saturated heterocycles. The molecule has 0 radical (unpaired) electrons. The zero-order valence-corrected chi connectivity index (χ0v) is 4.89. The van der Waals surface area contributed by atoms with Crippen LogP contribution < -0.4 is 0 Å². The van der Waals surface area contributed by atoms with Gasteiger partial charge in [0.25, 0.3) is 0 Å². The molecule has 1 aromatic rings. The van der Waals surface area contributed by atoms with Crippen molar-refractivity contribution < 1.29 is 0 Å². The van der Waals surface area contributed by atoms with Crippen LogP contribution in [0.3, 0.4) is 0 Å². The number of aromatic amines is 1. The first-order valence-electron chi connectivity index (χ1n) is 2.54. The van der Waals surface area contributed by atoms with Crippen LogP contribution >= 0.6 is 0 Å². The lowest BCUT2D eigenvalue weighted by Gasteiger charge is -1.85. The van der Waals surface area contributed by atoms with Gasteiger partial charge in [-0.15, -0.1) is 0 Å². The van der Waals surface area contributed by atoms with Crippen LogP contribution in [0.5, 0.6) is 0 Å². The highest BCUT2D eigenvalue weighted by atomic mass is 15.1. The lowest BCUT2D eigenvalue weighted by Crippen LogP contribution is -1.88. The van der Waals surface area contributed by atoms with Gasteiger partial charge in [-0.25, -0.2) is 0 Å². The molecule has 0 aliphatic carbocycles. The fourth-order valence-corrected chi connectivity index (χ4v) is 0.516. The first-order valence-corrected chi connectivity index (χ1v) is 2.54. The molecule has 3 heteroatoms. The van der Waals surface area contributed by atoms with Crippen molar-refractivity contribution >= 4 is 5.71 Å². The van der Waals surface area contributed by atoms with Gasteiger partial charge in [-0.1, -0.05) is 6.58 Å². The molecule has 0 aliphatic heterocycles. The molecule has 1 heterocycles. The number of aromatic nitrogens is 2. The Morgan fingerprint density at radius 1 is 1.89 bits per heavy atom. The molecule has 0 unspecified atom stereocenters. The second kappa shape index (κ2) is 2.26. The molecule has 0 bridgehead atoms. The molecule has 0 atom stereocenters. The summed E-state index contributed by atoms with van der Waals surface area (Å²) >= 11 is 0. The third-order valence-corrected chi connectivity index (χ3v) is 1.01. The Bertz CT molecular complexity index is 210. The Kier molecular flexibility index (Phi) is 1.44. The van der Waals surface area contributed by atoms with Crippen molar-refractivity contribution in [1.82, 2.24) is 10.2 Å². The average Bonchev–Trinajstić information content (AvgIpc) is 2.37. The van der Waals surface area contributed by atoms with Gasteiger partial charge in [0.1, 0.15) is 0 Å². The second-order valence-corrected chi connectivity index (χ2v) is 1.60. The summed E-state index contributed by atoms with van der Waals surface area (Å²) in [6, 6.07) is 0. The molecule has 0 saturated carbocycles. The predicted octanol–water partition coefficient (Wildman–Crippen LogP) is 0.964. The number of nitrogens with one attached hydrogen (secondary N) is 2. The minimum atomic E-state index is 0.392. The van der Waals surface area contributed by atoms with Crippen LogP contribution in [0.2, 0.25) is 0 Å². The predicted molar refractivity (Wildman–Crippen MR) is 35.6 cm³/mol. The summed E-state index contributed by atoms with van der Waals surface area (Å²) in [7, 11) is 0. The van der Waals surface area contributed by atoms with Gasteiger partial charge in [0, 0.05) is 11.8 Å². The number of hydrogen-bond acceptors (Lipinski definition) is 2. The maximum atomic E-state index is 7.22. The van der Waals surface area contributed by atoms with E-state index < -0.39 is 0 Å². The summed E-state index contributed by atoms with van der Waals surface area (Å²) in [6.07, 6.45) is 4.72. The van der Waals surface area contributed by atoms with E-state index in [2.05, 4.69) is 16.8 Å². The van der Waals surface area contributed by atoms with Gasteiger partial charge in [0.15, 0.2) is 0 Å².